The lowest BCUT2D eigenvalue weighted by molar-refractivity contribution is -0.137. The number of alkyl halides is 3. The molecule has 0 aliphatic heterocycles. The lowest BCUT2D eigenvalue weighted by atomic mass is 10.0. The number of fused-ring (bicyclic) bond motifs is 1. The third kappa shape index (κ3) is 8.70. The summed E-state index contributed by atoms with van der Waals surface area (Å²) in [7, 11) is 0. The molecule has 1 aliphatic rings. The number of carbonyl (C=O) groups is 1. The van der Waals surface area contributed by atoms with E-state index in [9.17, 15) is 27.2 Å². The molecule has 0 saturated heterocycles. The largest absolute Gasteiger partial charge is 0.416 e. The van der Waals surface area contributed by atoms with Crippen molar-refractivity contribution in [2.75, 3.05) is 26.1 Å². The van der Waals surface area contributed by atoms with Crippen LogP contribution in [0.1, 0.15) is 56.4 Å². The fraction of sp³-hybridized carbons (Fsp3) is 0.361. The van der Waals surface area contributed by atoms with E-state index in [2.05, 4.69) is 4.98 Å². The second-order valence-corrected chi connectivity index (χ2v) is 11.7. The number of hydrogen-bond acceptors (Lipinski definition) is 5. The van der Waals surface area contributed by atoms with Gasteiger partial charge in [-0.25, -0.2) is 4.39 Å². The predicted molar refractivity (Wildman–Crippen MR) is 177 cm³/mol. The molecule has 47 heavy (non-hydrogen) atoms. The van der Waals surface area contributed by atoms with E-state index in [1.165, 1.54) is 33.7 Å². The first kappa shape index (κ1) is 27.0. The minimum Gasteiger partial charge on any atom is -0.336 e. The summed E-state index contributed by atoms with van der Waals surface area (Å²) in [4.78, 5) is 33.7. The van der Waals surface area contributed by atoms with Crippen LogP contribution in [0.4, 0.5) is 17.6 Å². The molecule has 1 amide bonds. The number of thioether (sulfide) groups is 1. The second-order valence-electron chi connectivity index (χ2n) is 10.9. The van der Waals surface area contributed by atoms with Gasteiger partial charge in [0.2, 0.25) is 5.91 Å². The van der Waals surface area contributed by atoms with Gasteiger partial charge in [-0.05, 0) is 78.9 Å². The maximum Gasteiger partial charge on any atom is 0.416 e. The molecule has 1 aliphatic carbocycles. The number of amides is 1. The third-order valence-electron chi connectivity index (χ3n) is 7.85. The fourth-order valence-corrected chi connectivity index (χ4v) is 5.97. The average Bonchev–Trinajstić information content (AvgIpc) is 3.60. The molecule has 11 heteroatoms. The lowest BCUT2D eigenvalue weighted by Crippen LogP contribution is -2.40. The van der Waals surface area contributed by atoms with E-state index in [1.807, 2.05) is 0 Å². The number of benzene rings is 3. The summed E-state index contributed by atoms with van der Waals surface area (Å²) in [5, 5.41) is -0.147. The van der Waals surface area contributed by atoms with Crippen molar-refractivity contribution >= 4 is 17.7 Å². The van der Waals surface area contributed by atoms with Gasteiger partial charge in [-0.15, -0.1) is 0 Å². The van der Waals surface area contributed by atoms with E-state index < -0.39 is 60.8 Å². The van der Waals surface area contributed by atoms with Gasteiger partial charge in [0.15, 0.2) is 5.16 Å². The molecule has 248 valence electrons. The van der Waals surface area contributed by atoms with Crippen LogP contribution in [-0.4, -0.2) is 51.3 Å². The average molecular weight is 673 g/mol. The van der Waals surface area contributed by atoms with Gasteiger partial charge in [0.25, 0.3) is 5.56 Å². The Balaban J connectivity index is 1.53. The van der Waals surface area contributed by atoms with Crippen molar-refractivity contribution in [1.82, 2.24) is 19.4 Å². The zero-order chi connectivity index (χ0) is 38.9. The number of aromatic nitrogens is 2. The van der Waals surface area contributed by atoms with Crippen molar-refractivity contribution in [2.24, 2.45) is 0 Å². The Morgan fingerprint density at radius 2 is 1.53 bits per heavy atom. The molecule has 4 aromatic rings. The number of nitrogens with zero attached hydrogens (tertiary/aromatic N) is 4. The number of halogens is 4. The zero-order valence-corrected chi connectivity index (χ0v) is 26.7. The zero-order valence-electron chi connectivity index (χ0n) is 31.9. The van der Waals surface area contributed by atoms with Gasteiger partial charge in [-0.2, -0.15) is 18.2 Å². The van der Waals surface area contributed by atoms with Gasteiger partial charge in [0.1, 0.15) is 12.4 Å². The molecule has 1 heterocycles. The van der Waals surface area contributed by atoms with Crippen LogP contribution in [0.2, 0.25) is 0 Å². The summed E-state index contributed by atoms with van der Waals surface area (Å²) >= 11 is 0.550. The molecule has 0 atom stereocenters. The van der Waals surface area contributed by atoms with Crippen LogP contribution in [0.5, 0.6) is 0 Å². The normalized spacial score (nSPS) is 15.6. The molecule has 0 fully saturated rings. The highest BCUT2D eigenvalue weighted by atomic mass is 32.2. The van der Waals surface area contributed by atoms with Crippen molar-refractivity contribution in [3.63, 3.8) is 0 Å². The van der Waals surface area contributed by atoms with Crippen molar-refractivity contribution in [2.45, 2.75) is 63.2 Å². The smallest absolute Gasteiger partial charge is 0.336 e. The highest BCUT2D eigenvalue weighted by Crippen LogP contribution is 2.31. The van der Waals surface area contributed by atoms with Crippen LogP contribution in [0.15, 0.2) is 82.7 Å². The molecule has 5 rings (SSSR count). The van der Waals surface area contributed by atoms with E-state index in [0.717, 1.165) is 29.2 Å². The molecule has 3 aromatic carbocycles. The van der Waals surface area contributed by atoms with Gasteiger partial charge in [0.05, 0.1) is 8.30 Å². The molecule has 0 bridgehead atoms. The maximum atomic E-state index is 14.5. The Bertz CT molecular complexity index is 1990. The first-order valence-electron chi connectivity index (χ1n) is 18.2. The molecular weight excluding hydrogens is 628 g/mol. The van der Waals surface area contributed by atoms with Crippen molar-refractivity contribution in [1.29, 1.82) is 0 Å². The third-order valence-corrected chi connectivity index (χ3v) is 8.68. The minimum absolute atomic E-state index is 0.0849. The van der Waals surface area contributed by atoms with Gasteiger partial charge < -0.3 is 14.4 Å². The van der Waals surface area contributed by atoms with E-state index >= 15 is 0 Å². The Labute approximate surface area is 284 Å². The number of likely N-dealkylation sites (N-methyl/N-ethyl adjacent to an activating group) is 1. The number of hydrogen-bond donors (Lipinski definition) is 0. The standard InChI is InChI=1S/C36H38F4N4O2S/c1-3-42(4-2)20-21-43(22-25-8-12-27(13-9-25)28-14-16-29(17-15-28)36(38,39)40)33(45)23-44-32-7-5-6-31(32)34(46)41-35(44)47-24-26-10-18-30(37)19-11-26/h8-19H,3-7,20-24H2,1-2H3/i20D2,21D2,24D2. The second kappa shape index (κ2) is 15.3. The van der Waals surface area contributed by atoms with Crippen LogP contribution in [0.3, 0.4) is 0 Å². The van der Waals surface area contributed by atoms with Gasteiger partial charge in [0, 0.05) is 42.0 Å². The Morgan fingerprint density at radius 1 is 0.915 bits per heavy atom. The van der Waals surface area contributed by atoms with E-state index in [1.54, 1.807) is 38.1 Å². The van der Waals surface area contributed by atoms with Crippen molar-refractivity contribution in [3.05, 3.63) is 117 Å². The van der Waals surface area contributed by atoms with Gasteiger partial charge in [-0.3, -0.25) is 9.59 Å². The Kier molecular flexibility index (Phi) is 8.80. The summed E-state index contributed by atoms with van der Waals surface area (Å²) in [5.74, 6) is -1.44. The SMILES string of the molecule is [2H]C([2H])(Sc1nc(=O)c2c(n1CC(=O)N(Cc1ccc(-c3ccc(C(F)(F)F)cc3)cc1)C([2H])([2H])C([2H])([2H])N(CC)CC)CCC2)c1ccc(F)cc1. The monoisotopic (exact) mass is 672 g/mol. The topological polar surface area (TPSA) is 58.4 Å². The summed E-state index contributed by atoms with van der Waals surface area (Å²) in [6.07, 6.45) is -3.18. The fourth-order valence-electron chi connectivity index (χ4n) is 5.21. The molecule has 6 nitrogen and oxygen atoms in total. The van der Waals surface area contributed by atoms with Crippen LogP contribution in [0, 0.1) is 5.82 Å². The molecule has 0 radical (unpaired) electrons. The van der Waals surface area contributed by atoms with Crippen molar-refractivity contribution in [3.8, 4) is 11.1 Å². The van der Waals surface area contributed by atoms with E-state index in [-0.39, 0.29) is 23.8 Å². The highest BCUT2D eigenvalue weighted by molar-refractivity contribution is 7.98. The van der Waals surface area contributed by atoms with Crippen LogP contribution in [-0.2, 0) is 42.6 Å². The van der Waals surface area contributed by atoms with Crippen LogP contribution < -0.4 is 5.56 Å². The summed E-state index contributed by atoms with van der Waals surface area (Å²) in [5.41, 5.74) is -1.25. The first-order valence-corrected chi connectivity index (χ1v) is 16.0. The molecule has 0 N–H and O–H groups in total. The Hall–Kier alpha value is -3.96. The summed E-state index contributed by atoms with van der Waals surface area (Å²) in [6.45, 7) is -3.05. The first-order chi connectivity index (χ1) is 24.8. The van der Waals surface area contributed by atoms with Crippen LogP contribution in [0.25, 0.3) is 11.1 Å². The molecular formula is C36H38F4N4O2S. The number of rotatable bonds is 13. The minimum atomic E-state index is -4.49. The van der Waals surface area contributed by atoms with Gasteiger partial charge >= 0.3 is 6.18 Å². The Morgan fingerprint density at radius 3 is 2.15 bits per heavy atom. The lowest BCUT2D eigenvalue weighted by Gasteiger charge is -2.28. The maximum absolute atomic E-state index is 14.5. The molecule has 0 spiro atoms. The van der Waals surface area contributed by atoms with E-state index in [4.69, 9.17) is 8.22 Å². The predicted octanol–water partition coefficient (Wildman–Crippen LogP) is 7.22. The van der Waals surface area contributed by atoms with Gasteiger partial charge in [-0.1, -0.05) is 74.1 Å². The summed E-state index contributed by atoms with van der Waals surface area (Å²) < 4.78 is 108. The molecule has 1 aromatic heterocycles. The summed E-state index contributed by atoms with van der Waals surface area (Å²) in [6, 6.07) is 15.7. The molecule has 0 unspecified atom stereocenters. The van der Waals surface area contributed by atoms with Crippen LogP contribution >= 0.6 is 11.8 Å². The quantitative estimate of drug-likeness (QED) is 0.0853. The highest BCUT2D eigenvalue weighted by Gasteiger charge is 2.30. The number of carbonyl (C=O) groups excluding carboxylic acids is 1. The van der Waals surface area contributed by atoms with E-state index in [0.29, 0.717) is 59.0 Å². The molecule has 0 saturated carbocycles. The van der Waals surface area contributed by atoms with Crippen molar-refractivity contribution < 1.29 is 30.6 Å².